The fourth-order valence-corrected chi connectivity index (χ4v) is 1.93. The summed E-state index contributed by atoms with van der Waals surface area (Å²) in [5.41, 5.74) is 0.128. The van der Waals surface area contributed by atoms with Crippen LogP contribution in [0, 0.1) is 5.92 Å². The first-order chi connectivity index (χ1) is 9.34. The van der Waals surface area contributed by atoms with Crippen LogP contribution in [-0.2, 0) is 17.4 Å². The third-order valence-electron chi connectivity index (χ3n) is 3.16. The molecule has 0 fully saturated rings. The van der Waals surface area contributed by atoms with Crippen LogP contribution in [0.4, 0.5) is 13.2 Å². The topological polar surface area (TPSA) is 29.1 Å². The van der Waals surface area contributed by atoms with Gasteiger partial charge in [0, 0.05) is 12.5 Å². The van der Waals surface area contributed by atoms with Gasteiger partial charge in [0.05, 0.1) is 5.56 Å². The lowest BCUT2D eigenvalue weighted by Crippen LogP contribution is -2.30. The van der Waals surface area contributed by atoms with Gasteiger partial charge in [-0.15, -0.1) is 0 Å². The lowest BCUT2D eigenvalue weighted by atomic mass is 10.1. The van der Waals surface area contributed by atoms with Gasteiger partial charge in [0.1, 0.15) is 0 Å². The van der Waals surface area contributed by atoms with Crippen molar-refractivity contribution in [3.63, 3.8) is 0 Å². The number of carbonyl (C=O) groups excluding carboxylic acids is 1. The number of hydrogen-bond donors (Lipinski definition) is 1. The van der Waals surface area contributed by atoms with E-state index in [9.17, 15) is 18.0 Å². The Morgan fingerprint density at radius 3 is 2.35 bits per heavy atom. The van der Waals surface area contributed by atoms with E-state index >= 15 is 0 Å². The second kappa shape index (κ2) is 7.31. The average Bonchev–Trinajstić information content (AvgIpc) is 2.38. The first-order valence-electron chi connectivity index (χ1n) is 6.78. The quantitative estimate of drug-likeness (QED) is 0.847. The molecular formula is C15H20F3NO. The summed E-state index contributed by atoms with van der Waals surface area (Å²) in [5, 5.41) is 2.80. The minimum atomic E-state index is -4.30. The summed E-state index contributed by atoms with van der Waals surface area (Å²) in [4.78, 5) is 11.6. The lowest BCUT2D eigenvalue weighted by molar-refractivity contribution is -0.137. The second-order valence-corrected chi connectivity index (χ2v) is 4.93. The molecule has 0 aliphatic heterocycles. The number of halogens is 3. The first kappa shape index (κ1) is 16.5. The molecule has 5 heteroatoms. The molecule has 20 heavy (non-hydrogen) atoms. The van der Waals surface area contributed by atoms with Gasteiger partial charge >= 0.3 is 6.18 Å². The van der Waals surface area contributed by atoms with Gasteiger partial charge < -0.3 is 5.32 Å². The largest absolute Gasteiger partial charge is 0.416 e. The van der Waals surface area contributed by atoms with Gasteiger partial charge in [-0.1, -0.05) is 32.4 Å². The SMILES string of the molecule is CCCC(C)C(=O)NCCc1ccc(C(F)(F)F)cc1. The number of alkyl halides is 3. The zero-order valence-corrected chi connectivity index (χ0v) is 11.8. The van der Waals surface area contributed by atoms with Crippen LogP contribution < -0.4 is 5.32 Å². The molecule has 0 saturated carbocycles. The fraction of sp³-hybridized carbons (Fsp3) is 0.533. The van der Waals surface area contributed by atoms with Crippen LogP contribution in [0.15, 0.2) is 24.3 Å². The summed E-state index contributed by atoms with van der Waals surface area (Å²) in [6, 6.07) is 5.03. The zero-order chi connectivity index (χ0) is 15.2. The van der Waals surface area contributed by atoms with Crippen molar-refractivity contribution in [2.75, 3.05) is 6.54 Å². The maximum Gasteiger partial charge on any atom is 0.416 e. The third-order valence-corrected chi connectivity index (χ3v) is 3.16. The van der Waals surface area contributed by atoms with Gasteiger partial charge in [-0.2, -0.15) is 13.2 Å². The second-order valence-electron chi connectivity index (χ2n) is 4.93. The minimum Gasteiger partial charge on any atom is -0.356 e. The maximum absolute atomic E-state index is 12.4. The van der Waals surface area contributed by atoms with Crippen molar-refractivity contribution in [3.05, 3.63) is 35.4 Å². The standard InChI is InChI=1S/C15H20F3NO/c1-3-4-11(2)14(20)19-10-9-12-5-7-13(8-6-12)15(16,17)18/h5-8,11H,3-4,9-10H2,1-2H3,(H,19,20). The highest BCUT2D eigenvalue weighted by atomic mass is 19.4. The Morgan fingerprint density at radius 2 is 1.85 bits per heavy atom. The molecule has 0 spiro atoms. The number of amides is 1. The molecule has 1 amide bonds. The molecule has 0 saturated heterocycles. The van der Waals surface area contributed by atoms with Crippen LogP contribution in [0.2, 0.25) is 0 Å². The van der Waals surface area contributed by atoms with E-state index < -0.39 is 11.7 Å². The fourth-order valence-electron chi connectivity index (χ4n) is 1.93. The van der Waals surface area contributed by atoms with Gasteiger partial charge in [-0.25, -0.2) is 0 Å². The molecule has 0 aliphatic carbocycles. The van der Waals surface area contributed by atoms with E-state index in [0.29, 0.717) is 13.0 Å². The Kier molecular flexibility index (Phi) is 6.05. The van der Waals surface area contributed by atoms with Crippen LogP contribution >= 0.6 is 0 Å². The zero-order valence-electron chi connectivity index (χ0n) is 11.8. The van der Waals surface area contributed by atoms with E-state index in [0.717, 1.165) is 30.5 Å². The van der Waals surface area contributed by atoms with E-state index in [1.165, 1.54) is 12.1 Å². The monoisotopic (exact) mass is 287 g/mol. The molecule has 0 aromatic heterocycles. The average molecular weight is 287 g/mol. The summed E-state index contributed by atoms with van der Waals surface area (Å²) in [6.45, 7) is 4.33. The normalized spacial score (nSPS) is 13.1. The molecule has 0 heterocycles. The van der Waals surface area contributed by atoms with E-state index in [4.69, 9.17) is 0 Å². The summed E-state index contributed by atoms with van der Waals surface area (Å²) in [7, 11) is 0. The Labute approximate surface area is 117 Å². The van der Waals surface area contributed by atoms with Gasteiger partial charge in [0.15, 0.2) is 0 Å². The molecule has 1 unspecified atom stereocenters. The van der Waals surface area contributed by atoms with Crippen LogP contribution in [0.1, 0.15) is 37.8 Å². The van der Waals surface area contributed by atoms with Crippen molar-refractivity contribution in [3.8, 4) is 0 Å². The Morgan fingerprint density at radius 1 is 1.25 bits per heavy atom. The molecule has 112 valence electrons. The van der Waals surface area contributed by atoms with Crippen molar-refractivity contribution in [1.82, 2.24) is 5.32 Å². The van der Waals surface area contributed by atoms with Crippen molar-refractivity contribution < 1.29 is 18.0 Å². The molecular weight excluding hydrogens is 267 g/mol. The Bertz CT molecular complexity index is 426. The molecule has 1 aromatic rings. The highest BCUT2D eigenvalue weighted by Crippen LogP contribution is 2.29. The van der Waals surface area contributed by atoms with E-state index in [1.54, 1.807) is 0 Å². The number of benzene rings is 1. The van der Waals surface area contributed by atoms with Crippen molar-refractivity contribution in [2.45, 2.75) is 39.3 Å². The molecule has 1 aromatic carbocycles. The smallest absolute Gasteiger partial charge is 0.356 e. The highest BCUT2D eigenvalue weighted by molar-refractivity contribution is 5.78. The number of nitrogens with one attached hydrogen (secondary N) is 1. The summed E-state index contributed by atoms with van der Waals surface area (Å²) in [6.07, 6.45) is -1.98. The van der Waals surface area contributed by atoms with Crippen molar-refractivity contribution >= 4 is 5.91 Å². The van der Waals surface area contributed by atoms with Crippen LogP contribution in [-0.4, -0.2) is 12.5 Å². The molecule has 0 bridgehead atoms. The van der Waals surface area contributed by atoms with Crippen molar-refractivity contribution in [1.29, 1.82) is 0 Å². The number of carbonyl (C=O) groups is 1. The van der Waals surface area contributed by atoms with E-state index in [2.05, 4.69) is 5.32 Å². The van der Waals surface area contributed by atoms with Gasteiger partial charge in [0.2, 0.25) is 5.91 Å². The van der Waals surface area contributed by atoms with E-state index in [-0.39, 0.29) is 11.8 Å². The number of rotatable bonds is 6. The highest BCUT2D eigenvalue weighted by Gasteiger charge is 2.29. The molecule has 1 rings (SSSR count). The summed E-state index contributed by atoms with van der Waals surface area (Å²) >= 11 is 0. The Hall–Kier alpha value is -1.52. The van der Waals surface area contributed by atoms with E-state index in [1.807, 2.05) is 13.8 Å². The number of hydrogen-bond acceptors (Lipinski definition) is 1. The van der Waals surface area contributed by atoms with Gasteiger partial charge in [0.25, 0.3) is 0 Å². The molecule has 1 atom stereocenters. The first-order valence-corrected chi connectivity index (χ1v) is 6.78. The van der Waals surface area contributed by atoms with Crippen LogP contribution in [0.5, 0.6) is 0 Å². The van der Waals surface area contributed by atoms with Crippen LogP contribution in [0.25, 0.3) is 0 Å². The summed E-state index contributed by atoms with van der Waals surface area (Å²) in [5.74, 6) is -0.0219. The Balaban J connectivity index is 2.41. The van der Waals surface area contributed by atoms with Crippen LogP contribution in [0.3, 0.4) is 0 Å². The molecule has 0 radical (unpaired) electrons. The predicted molar refractivity (Wildman–Crippen MR) is 72.2 cm³/mol. The van der Waals surface area contributed by atoms with Crippen molar-refractivity contribution in [2.24, 2.45) is 5.92 Å². The molecule has 0 aliphatic rings. The maximum atomic E-state index is 12.4. The summed E-state index contributed by atoms with van der Waals surface area (Å²) < 4.78 is 37.1. The predicted octanol–water partition coefficient (Wildman–Crippen LogP) is 3.80. The molecule has 1 N–H and O–H groups in total. The van der Waals surface area contributed by atoms with Gasteiger partial charge in [-0.05, 0) is 30.5 Å². The minimum absolute atomic E-state index is 0.00115. The molecule has 2 nitrogen and oxygen atoms in total. The van der Waals surface area contributed by atoms with Gasteiger partial charge in [-0.3, -0.25) is 4.79 Å². The third kappa shape index (κ3) is 5.23. The lowest BCUT2D eigenvalue weighted by Gasteiger charge is -2.11.